The third-order valence-electron chi connectivity index (χ3n) is 8.39. The van der Waals surface area contributed by atoms with E-state index in [0.717, 1.165) is 11.1 Å². The number of hydrogen-bond acceptors (Lipinski definition) is 6. The standard InChI is InChI=1S/C35H32N2O5/c1-3-42-33(39)30-29(32(38)41-2)35(31(25-17-9-5-10-18-25)37(30)26-19-11-6-12-20-26)27-21-13-14-22-28(27)36(34(35)40)23-24-15-7-4-8-16-24/h4-22,29-31H,3,23H2,1-2H3/t29-,30-,31+,35-/m0/s1. The summed E-state index contributed by atoms with van der Waals surface area (Å²) in [6.07, 6.45) is 0. The molecule has 1 saturated heterocycles. The Labute approximate surface area is 245 Å². The Bertz CT molecular complexity index is 1590. The molecule has 1 amide bonds. The van der Waals surface area contributed by atoms with E-state index in [1.807, 2.05) is 120 Å². The first kappa shape index (κ1) is 27.3. The highest BCUT2D eigenvalue weighted by Gasteiger charge is 2.73. The van der Waals surface area contributed by atoms with Crippen molar-refractivity contribution in [2.24, 2.45) is 5.92 Å². The molecular weight excluding hydrogens is 528 g/mol. The molecule has 0 aromatic heterocycles. The number of fused-ring (bicyclic) bond motifs is 2. The molecule has 0 saturated carbocycles. The second-order valence-electron chi connectivity index (χ2n) is 10.5. The van der Waals surface area contributed by atoms with E-state index in [2.05, 4.69) is 0 Å². The van der Waals surface area contributed by atoms with Gasteiger partial charge in [-0.15, -0.1) is 0 Å². The summed E-state index contributed by atoms with van der Waals surface area (Å²) in [5.41, 5.74) is 2.34. The molecular formula is C35H32N2O5. The number of esters is 2. The van der Waals surface area contributed by atoms with E-state index >= 15 is 4.79 Å². The first-order valence-corrected chi connectivity index (χ1v) is 14.1. The molecule has 1 spiro atoms. The van der Waals surface area contributed by atoms with Gasteiger partial charge >= 0.3 is 11.9 Å². The molecule has 0 aliphatic carbocycles. The molecule has 6 rings (SSSR count). The number of nitrogens with zero attached hydrogens (tertiary/aromatic N) is 2. The average Bonchev–Trinajstić information content (AvgIpc) is 3.49. The number of carbonyl (C=O) groups is 3. The first-order chi connectivity index (χ1) is 20.5. The molecule has 212 valence electrons. The van der Waals surface area contributed by atoms with Crippen LogP contribution in [0.25, 0.3) is 0 Å². The van der Waals surface area contributed by atoms with Crippen molar-refractivity contribution in [1.29, 1.82) is 0 Å². The number of rotatable bonds is 7. The van der Waals surface area contributed by atoms with E-state index in [1.165, 1.54) is 7.11 Å². The number of ether oxygens (including phenoxy) is 2. The fourth-order valence-electron chi connectivity index (χ4n) is 6.84. The van der Waals surface area contributed by atoms with E-state index in [-0.39, 0.29) is 12.5 Å². The van der Waals surface area contributed by atoms with Gasteiger partial charge in [-0.3, -0.25) is 9.59 Å². The van der Waals surface area contributed by atoms with Crippen LogP contribution >= 0.6 is 0 Å². The molecule has 2 heterocycles. The van der Waals surface area contributed by atoms with Crippen LogP contribution in [0.2, 0.25) is 0 Å². The van der Waals surface area contributed by atoms with E-state index in [4.69, 9.17) is 9.47 Å². The number of hydrogen-bond donors (Lipinski definition) is 0. The second kappa shape index (κ2) is 11.2. The highest BCUT2D eigenvalue weighted by molar-refractivity contribution is 6.13. The summed E-state index contributed by atoms with van der Waals surface area (Å²) in [6.45, 7) is 2.16. The van der Waals surface area contributed by atoms with Crippen LogP contribution in [-0.4, -0.2) is 37.6 Å². The third-order valence-corrected chi connectivity index (χ3v) is 8.39. The van der Waals surface area contributed by atoms with Gasteiger partial charge < -0.3 is 19.3 Å². The highest BCUT2D eigenvalue weighted by Crippen LogP contribution is 2.62. The van der Waals surface area contributed by atoms with Gasteiger partial charge in [0.1, 0.15) is 17.4 Å². The van der Waals surface area contributed by atoms with Crippen LogP contribution in [0.15, 0.2) is 115 Å². The van der Waals surface area contributed by atoms with E-state index in [1.54, 1.807) is 11.8 Å². The van der Waals surface area contributed by atoms with Crippen molar-refractivity contribution in [2.45, 2.75) is 31.0 Å². The Kier molecular flexibility index (Phi) is 7.25. The summed E-state index contributed by atoms with van der Waals surface area (Å²) < 4.78 is 11.0. The van der Waals surface area contributed by atoms with Crippen LogP contribution in [0, 0.1) is 5.92 Å². The minimum absolute atomic E-state index is 0.125. The van der Waals surface area contributed by atoms with Gasteiger partial charge in [-0.1, -0.05) is 97.1 Å². The van der Waals surface area contributed by atoms with Crippen molar-refractivity contribution in [3.05, 3.63) is 132 Å². The molecule has 0 N–H and O–H groups in total. The molecule has 0 unspecified atom stereocenters. The van der Waals surface area contributed by atoms with Crippen molar-refractivity contribution in [3.8, 4) is 0 Å². The summed E-state index contributed by atoms with van der Waals surface area (Å²) in [5.74, 6) is -2.68. The van der Waals surface area contributed by atoms with Crippen LogP contribution in [-0.2, 0) is 35.8 Å². The van der Waals surface area contributed by atoms with Crippen LogP contribution in [0.1, 0.15) is 29.7 Å². The van der Waals surface area contributed by atoms with Crippen molar-refractivity contribution in [2.75, 3.05) is 23.5 Å². The van der Waals surface area contributed by atoms with Crippen LogP contribution < -0.4 is 9.80 Å². The zero-order valence-electron chi connectivity index (χ0n) is 23.6. The summed E-state index contributed by atoms with van der Waals surface area (Å²) in [5, 5.41) is 0. The molecule has 4 atom stereocenters. The minimum atomic E-state index is -1.49. The summed E-state index contributed by atoms with van der Waals surface area (Å²) in [6, 6.07) is 34.5. The molecule has 7 heteroatoms. The Hall–Kier alpha value is -4.91. The largest absolute Gasteiger partial charge is 0.469 e. The zero-order valence-corrected chi connectivity index (χ0v) is 23.6. The van der Waals surface area contributed by atoms with Gasteiger partial charge in [-0.2, -0.15) is 0 Å². The molecule has 4 aromatic carbocycles. The lowest BCUT2D eigenvalue weighted by molar-refractivity contribution is -0.157. The van der Waals surface area contributed by atoms with E-state index in [0.29, 0.717) is 23.5 Å². The molecule has 0 bridgehead atoms. The number of para-hydroxylation sites is 2. The Morgan fingerprint density at radius 3 is 2.02 bits per heavy atom. The predicted molar refractivity (Wildman–Crippen MR) is 160 cm³/mol. The maximum absolute atomic E-state index is 15.2. The van der Waals surface area contributed by atoms with Crippen LogP contribution in [0.5, 0.6) is 0 Å². The quantitative estimate of drug-likeness (QED) is 0.280. The first-order valence-electron chi connectivity index (χ1n) is 14.1. The van der Waals surface area contributed by atoms with E-state index < -0.39 is 35.4 Å². The van der Waals surface area contributed by atoms with Gasteiger partial charge in [-0.25, -0.2) is 4.79 Å². The van der Waals surface area contributed by atoms with Crippen molar-refractivity contribution in [3.63, 3.8) is 0 Å². The predicted octanol–water partition coefficient (Wildman–Crippen LogP) is 5.45. The zero-order chi connectivity index (χ0) is 29.3. The normalized spacial score (nSPS) is 22.7. The molecule has 7 nitrogen and oxygen atoms in total. The lowest BCUT2D eigenvalue weighted by Crippen LogP contribution is -2.51. The van der Waals surface area contributed by atoms with Crippen molar-refractivity contribution in [1.82, 2.24) is 0 Å². The Morgan fingerprint density at radius 1 is 0.786 bits per heavy atom. The number of anilines is 2. The smallest absolute Gasteiger partial charge is 0.329 e. The van der Waals surface area contributed by atoms with Crippen molar-refractivity contribution < 1.29 is 23.9 Å². The van der Waals surface area contributed by atoms with Crippen molar-refractivity contribution >= 4 is 29.2 Å². The van der Waals surface area contributed by atoms with Gasteiger partial charge in [0, 0.05) is 11.4 Å². The number of benzene rings is 4. The minimum Gasteiger partial charge on any atom is -0.469 e. The molecule has 4 aromatic rings. The monoisotopic (exact) mass is 560 g/mol. The summed E-state index contributed by atoms with van der Waals surface area (Å²) in [7, 11) is 1.30. The Morgan fingerprint density at radius 2 is 1.38 bits per heavy atom. The molecule has 2 aliphatic rings. The topological polar surface area (TPSA) is 76.2 Å². The van der Waals surface area contributed by atoms with Crippen LogP contribution in [0.4, 0.5) is 11.4 Å². The fraction of sp³-hybridized carbons (Fsp3) is 0.229. The van der Waals surface area contributed by atoms with E-state index in [9.17, 15) is 9.59 Å². The van der Waals surface area contributed by atoms with Gasteiger partial charge in [0.15, 0.2) is 0 Å². The number of methoxy groups -OCH3 is 1. The molecule has 0 radical (unpaired) electrons. The van der Waals surface area contributed by atoms with Gasteiger partial charge in [0.05, 0.1) is 26.3 Å². The Balaban J connectivity index is 1.68. The molecule has 42 heavy (non-hydrogen) atoms. The molecule has 1 fully saturated rings. The fourth-order valence-corrected chi connectivity index (χ4v) is 6.84. The lowest BCUT2D eigenvalue weighted by Gasteiger charge is -2.37. The number of carbonyl (C=O) groups excluding carboxylic acids is 3. The molecule has 2 aliphatic heterocycles. The van der Waals surface area contributed by atoms with Gasteiger partial charge in [0.2, 0.25) is 5.91 Å². The summed E-state index contributed by atoms with van der Waals surface area (Å²) >= 11 is 0. The SMILES string of the molecule is CCOC(=O)[C@@H]1[C@@H](C(=O)OC)[C@]2(C(=O)N(Cc3ccccc3)c3ccccc32)[C@@H](c2ccccc2)N1c1ccccc1. The third kappa shape index (κ3) is 4.15. The van der Waals surface area contributed by atoms with Gasteiger partial charge in [-0.05, 0) is 41.8 Å². The maximum Gasteiger partial charge on any atom is 0.329 e. The highest BCUT2D eigenvalue weighted by atomic mass is 16.5. The van der Waals surface area contributed by atoms with Gasteiger partial charge in [0.25, 0.3) is 0 Å². The van der Waals surface area contributed by atoms with Crippen LogP contribution in [0.3, 0.4) is 0 Å². The number of amides is 1. The second-order valence-corrected chi connectivity index (χ2v) is 10.5. The average molecular weight is 561 g/mol. The summed E-state index contributed by atoms with van der Waals surface area (Å²) in [4.78, 5) is 46.9. The lowest BCUT2D eigenvalue weighted by atomic mass is 9.65. The maximum atomic E-state index is 15.2.